The molecule has 0 amide bonds. The van der Waals surface area contributed by atoms with E-state index in [2.05, 4.69) is 0 Å². The number of hydrogen-bond acceptors (Lipinski definition) is 6. The first-order chi connectivity index (χ1) is 9.10. The van der Waals surface area contributed by atoms with Gasteiger partial charge in [0.2, 0.25) is 0 Å². The number of benzene rings is 1. The van der Waals surface area contributed by atoms with Crippen LogP contribution in [-0.4, -0.2) is 57.7 Å². The molecule has 1 aromatic rings. The van der Waals surface area contributed by atoms with Crippen molar-refractivity contribution in [2.75, 3.05) is 6.61 Å². The van der Waals surface area contributed by atoms with Gasteiger partial charge in [0, 0.05) is 0 Å². The second-order valence-corrected chi connectivity index (χ2v) is 4.13. The lowest BCUT2D eigenvalue weighted by atomic mass is 10.0. The molecule has 0 unspecified atom stereocenters. The van der Waals surface area contributed by atoms with Crippen molar-refractivity contribution in [3.05, 3.63) is 35.9 Å². The van der Waals surface area contributed by atoms with Crippen molar-refractivity contribution in [1.29, 1.82) is 0 Å². The van der Waals surface area contributed by atoms with E-state index < -0.39 is 31.0 Å². The Bertz CT molecular complexity index is 369. The van der Waals surface area contributed by atoms with Crippen LogP contribution in [0.5, 0.6) is 0 Å². The molecule has 0 radical (unpaired) electrons. The van der Waals surface area contributed by atoms with Gasteiger partial charge in [-0.3, -0.25) is 0 Å². The molecule has 0 spiro atoms. The molecule has 4 N–H and O–H groups in total. The van der Waals surface area contributed by atoms with E-state index in [1.165, 1.54) is 0 Å². The normalized spacial score (nSPS) is 17.5. The van der Waals surface area contributed by atoms with Gasteiger partial charge < -0.3 is 30.0 Å². The molecule has 6 heteroatoms. The van der Waals surface area contributed by atoms with Gasteiger partial charge in [-0.2, -0.15) is 0 Å². The molecule has 0 fully saturated rings. The molecular formula is C13H18O6. The van der Waals surface area contributed by atoms with Crippen LogP contribution in [0.4, 0.5) is 0 Å². The molecule has 0 saturated heterocycles. The number of aliphatic hydroxyl groups is 4. The lowest BCUT2D eigenvalue weighted by Gasteiger charge is -2.25. The summed E-state index contributed by atoms with van der Waals surface area (Å²) in [7, 11) is 0. The van der Waals surface area contributed by atoms with E-state index in [-0.39, 0.29) is 6.61 Å². The average Bonchev–Trinajstić information content (AvgIpc) is 2.47. The molecular weight excluding hydrogens is 252 g/mol. The summed E-state index contributed by atoms with van der Waals surface area (Å²) in [5, 5.41) is 37.0. The number of carbonyl (C=O) groups excluding carboxylic acids is 1. The van der Waals surface area contributed by atoms with Crippen LogP contribution in [0.25, 0.3) is 0 Å². The largest absolute Gasteiger partial charge is 0.394 e. The Morgan fingerprint density at radius 1 is 1.11 bits per heavy atom. The van der Waals surface area contributed by atoms with Gasteiger partial charge in [0.05, 0.1) is 13.2 Å². The van der Waals surface area contributed by atoms with Crippen molar-refractivity contribution in [2.24, 2.45) is 0 Å². The van der Waals surface area contributed by atoms with Gasteiger partial charge in [-0.1, -0.05) is 30.3 Å². The summed E-state index contributed by atoms with van der Waals surface area (Å²) in [6.45, 7) is -0.633. The van der Waals surface area contributed by atoms with Crippen LogP contribution in [0.15, 0.2) is 30.3 Å². The van der Waals surface area contributed by atoms with Gasteiger partial charge in [0.25, 0.3) is 0 Å². The fourth-order valence-corrected chi connectivity index (χ4v) is 1.51. The van der Waals surface area contributed by atoms with Crippen LogP contribution in [0.1, 0.15) is 5.56 Å². The van der Waals surface area contributed by atoms with Crippen molar-refractivity contribution in [1.82, 2.24) is 0 Å². The van der Waals surface area contributed by atoms with Gasteiger partial charge in [0.15, 0.2) is 6.29 Å². The molecule has 1 rings (SSSR count). The summed E-state index contributed by atoms with van der Waals surface area (Å²) in [5.74, 6) is 0. The lowest BCUT2D eigenvalue weighted by Crippen LogP contribution is -2.47. The second kappa shape index (κ2) is 7.98. The minimum Gasteiger partial charge on any atom is -0.394 e. The fraction of sp³-hybridized carbons (Fsp3) is 0.462. The molecule has 0 bridgehead atoms. The highest BCUT2D eigenvalue weighted by atomic mass is 16.5. The summed E-state index contributed by atoms with van der Waals surface area (Å²) < 4.78 is 5.18. The predicted octanol–water partition coefficient (Wildman–Crippen LogP) is -1.15. The highest BCUT2D eigenvalue weighted by Crippen LogP contribution is 2.10. The highest BCUT2D eigenvalue weighted by molar-refractivity contribution is 5.57. The number of carbonyl (C=O) groups is 1. The molecule has 0 aliphatic rings. The molecule has 106 valence electrons. The molecule has 0 aliphatic heterocycles. The van der Waals surface area contributed by atoms with Crippen LogP contribution in [-0.2, 0) is 16.1 Å². The minimum absolute atomic E-state index is 0.0866. The predicted molar refractivity (Wildman–Crippen MR) is 66.2 cm³/mol. The minimum atomic E-state index is -1.66. The van der Waals surface area contributed by atoms with Crippen molar-refractivity contribution in [2.45, 2.75) is 31.0 Å². The van der Waals surface area contributed by atoms with Gasteiger partial charge in [0.1, 0.15) is 24.4 Å². The maximum absolute atomic E-state index is 10.8. The van der Waals surface area contributed by atoms with Crippen LogP contribution in [0, 0.1) is 0 Å². The van der Waals surface area contributed by atoms with E-state index in [0.29, 0.717) is 6.29 Å². The summed E-state index contributed by atoms with van der Waals surface area (Å²) in [6.07, 6.45) is -5.73. The molecule has 1 aromatic carbocycles. The van der Waals surface area contributed by atoms with Crippen molar-refractivity contribution < 1.29 is 30.0 Å². The smallest absolute Gasteiger partial charge is 0.151 e. The molecule has 0 saturated carbocycles. The molecule has 6 nitrogen and oxygen atoms in total. The summed E-state index contributed by atoms with van der Waals surface area (Å²) in [6, 6.07) is 9.00. The van der Waals surface area contributed by atoms with Crippen LogP contribution < -0.4 is 0 Å². The van der Waals surface area contributed by atoms with Crippen molar-refractivity contribution in [3.8, 4) is 0 Å². The Balaban J connectivity index is 2.55. The third kappa shape index (κ3) is 4.70. The number of hydrogen-bond donors (Lipinski definition) is 4. The van der Waals surface area contributed by atoms with Gasteiger partial charge in [-0.05, 0) is 5.56 Å². The van der Waals surface area contributed by atoms with E-state index >= 15 is 0 Å². The highest BCUT2D eigenvalue weighted by Gasteiger charge is 2.31. The Hall–Kier alpha value is -1.31. The van der Waals surface area contributed by atoms with Gasteiger partial charge >= 0.3 is 0 Å². The van der Waals surface area contributed by atoms with E-state index in [9.17, 15) is 20.1 Å². The molecule has 4 atom stereocenters. The molecule has 0 aliphatic carbocycles. The first kappa shape index (κ1) is 15.7. The Morgan fingerprint density at radius 3 is 2.26 bits per heavy atom. The topological polar surface area (TPSA) is 107 Å². The number of aldehydes is 1. The van der Waals surface area contributed by atoms with E-state index in [1.807, 2.05) is 6.07 Å². The van der Waals surface area contributed by atoms with E-state index in [1.54, 1.807) is 24.3 Å². The number of aliphatic hydroxyl groups excluding tert-OH is 4. The zero-order valence-electron chi connectivity index (χ0n) is 10.3. The quantitative estimate of drug-likeness (QED) is 0.444. The summed E-state index contributed by atoms with van der Waals surface area (Å²) in [4.78, 5) is 10.8. The average molecular weight is 270 g/mol. The van der Waals surface area contributed by atoms with Crippen molar-refractivity contribution >= 4 is 6.29 Å². The van der Waals surface area contributed by atoms with Gasteiger partial charge in [-0.25, -0.2) is 0 Å². The zero-order valence-corrected chi connectivity index (χ0v) is 10.3. The third-order valence-corrected chi connectivity index (χ3v) is 2.69. The molecule has 19 heavy (non-hydrogen) atoms. The third-order valence-electron chi connectivity index (χ3n) is 2.69. The van der Waals surface area contributed by atoms with Crippen molar-refractivity contribution in [3.63, 3.8) is 0 Å². The Kier molecular flexibility index (Phi) is 6.61. The van der Waals surface area contributed by atoms with Crippen LogP contribution in [0.3, 0.4) is 0 Å². The Labute approximate surface area is 110 Å². The summed E-state index contributed by atoms with van der Waals surface area (Å²) in [5.41, 5.74) is 0.804. The molecule has 0 heterocycles. The van der Waals surface area contributed by atoms with E-state index in [4.69, 9.17) is 9.84 Å². The molecule has 0 aromatic heterocycles. The number of rotatable bonds is 8. The lowest BCUT2D eigenvalue weighted by molar-refractivity contribution is -0.147. The Morgan fingerprint density at radius 2 is 1.74 bits per heavy atom. The van der Waals surface area contributed by atoms with Crippen LogP contribution in [0.2, 0.25) is 0 Å². The SMILES string of the molecule is O=C[C@H](OCc1ccccc1)[C@@H](O)[C@H](O)[C@@H](O)CO. The summed E-state index contributed by atoms with van der Waals surface area (Å²) >= 11 is 0. The maximum atomic E-state index is 10.8. The first-order valence-corrected chi connectivity index (χ1v) is 5.86. The maximum Gasteiger partial charge on any atom is 0.151 e. The second-order valence-electron chi connectivity index (χ2n) is 4.13. The zero-order chi connectivity index (χ0) is 14.3. The standard InChI is InChI=1S/C13H18O6/c14-6-10(16)12(17)13(18)11(7-15)19-8-9-4-2-1-3-5-9/h1-5,7,10-14,16-18H,6,8H2/t10-,11-,12+,13+/m0/s1. The van der Waals surface area contributed by atoms with E-state index in [0.717, 1.165) is 5.56 Å². The first-order valence-electron chi connectivity index (χ1n) is 5.86. The van der Waals surface area contributed by atoms with Gasteiger partial charge in [-0.15, -0.1) is 0 Å². The monoisotopic (exact) mass is 270 g/mol. The van der Waals surface area contributed by atoms with Crippen LogP contribution >= 0.6 is 0 Å². The fourth-order valence-electron chi connectivity index (χ4n) is 1.51. The number of ether oxygens (including phenoxy) is 1.